The first-order valence-corrected chi connectivity index (χ1v) is 8.08. The summed E-state index contributed by atoms with van der Waals surface area (Å²) in [7, 11) is 0. The van der Waals surface area contributed by atoms with Crippen molar-refractivity contribution < 1.29 is 14.3 Å². The highest BCUT2D eigenvalue weighted by molar-refractivity contribution is 6.36. The molecule has 7 heteroatoms. The molecular formula is C17H16Cl2N2O3. The molecule has 1 aromatic carbocycles. The van der Waals surface area contributed by atoms with E-state index in [1.54, 1.807) is 12.1 Å². The number of hydrogen-bond acceptors (Lipinski definition) is 4. The van der Waals surface area contributed by atoms with Crippen LogP contribution in [0.25, 0.3) is 0 Å². The van der Waals surface area contributed by atoms with E-state index in [4.69, 9.17) is 27.9 Å². The van der Waals surface area contributed by atoms with Crippen LogP contribution < -0.4 is 5.32 Å². The van der Waals surface area contributed by atoms with Gasteiger partial charge in [0.2, 0.25) is 0 Å². The lowest BCUT2D eigenvalue weighted by molar-refractivity contribution is -0.123. The Hall–Kier alpha value is -2.11. The Kier molecular flexibility index (Phi) is 6.17. The largest absolute Gasteiger partial charge is 0.449 e. The van der Waals surface area contributed by atoms with Crippen molar-refractivity contribution in [2.24, 2.45) is 0 Å². The molecular weight excluding hydrogens is 351 g/mol. The van der Waals surface area contributed by atoms with E-state index in [1.807, 2.05) is 19.1 Å². The number of rotatable bonds is 5. The Balaban J connectivity index is 1.98. The predicted molar refractivity (Wildman–Crippen MR) is 93.6 cm³/mol. The van der Waals surface area contributed by atoms with Crippen LogP contribution in [-0.2, 0) is 16.0 Å². The van der Waals surface area contributed by atoms with Gasteiger partial charge in [-0.25, -0.2) is 9.78 Å². The molecule has 0 radical (unpaired) electrons. The SMILES string of the molecule is CCc1ccc(C(=O)O[C@@H](C)C(=O)Nc2ncc(Cl)cc2Cl)cc1. The maximum atomic E-state index is 12.1. The van der Waals surface area contributed by atoms with E-state index < -0.39 is 18.0 Å². The Morgan fingerprint density at radius 2 is 1.92 bits per heavy atom. The molecule has 0 saturated carbocycles. The van der Waals surface area contributed by atoms with Gasteiger partial charge in [-0.15, -0.1) is 0 Å². The number of pyridine rings is 1. The minimum Gasteiger partial charge on any atom is -0.449 e. The summed E-state index contributed by atoms with van der Waals surface area (Å²) in [6, 6.07) is 8.49. The topological polar surface area (TPSA) is 68.3 Å². The highest BCUT2D eigenvalue weighted by Crippen LogP contribution is 2.22. The first-order valence-electron chi connectivity index (χ1n) is 7.32. The van der Waals surface area contributed by atoms with Gasteiger partial charge < -0.3 is 10.1 Å². The number of nitrogens with one attached hydrogen (secondary N) is 1. The minimum atomic E-state index is -1.00. The summed E-state index contributed by atoms with van der Waals surface area (Å²) in [5.74, 6) is -0.956. The van der Waals surface area contributed by atoms with Crippen molar-refractivity contribution in [2.45, 2.75) is 26.4 Å². The molecule has 0 fully saturated rings. The van der Waals surface area contributed by atoms with Gasteiger partial charge in [0, 0.05) is 6.20 Å². The molecule has 0 aliphatic heterocycles. The Labute approximate surface area is 149 Å². The summed E-state index contributed by atoms with van der Waals surface area (Å²) in [5, 5.41) is 3.05. The summed E-state index contributed by atoms with van der Waals surface area (Å²) < 4.78 is 5.16. The first-order chi connectivity index (χ1) is 11.4. The number of aryl methyl sites for hydroxylation is 1. The molecule has 0 bridgehead atoms. The van der Waals surface area contributed by atoms with Gasteiger partial charge in [0.15, 0.2) is 11.9 Å². The van der Waals surface area contributed by atoms with Gasteiger partial charge in [-0.05, 0) is 37.1 Å². The standard InChI is InChI=1S/C17H16Cl2N2O3/c1-3-11-4-6-12(7-5-11)17(23)24-10(2)16(22)21-15-14(19)8-13(18)9-20-15/h4-10H,3H2,1-2H3,(H,20,21,22)/t10-/m0/s1. The first kappa shape index (κ1) is 18.2. The molecule has 0 unspecified atom stereocenters. The van der Waals surface area contributed by atoms with Crippen molar-refractivity contribution in [1.29, 1.82) is 0 Å². The number of carbonyl (C=O) groups is 2. The average Bonchev–Trinajstić information content (AvgIpc) is 2.57. The molecule has 0 aliphatic carbocycles. The molecule has 2 rings (SSSR count). The third-order valence-electron chi connectivity index (χ3n) is 3.30. The molecule has 24 heavy (non-hydrogen) atoms. The van der Waals surface area contributed by atoms with E-state index >= 15 is 0 Å². The highest BCUT2D eigenvalue weighted by Gasteiger charge is 2.20. The molecule has 1 N–H and O–H groups in total. The van der Waals surface area contributed by atoms with Gasteiger partial charge in [0.05, 0.1) is 15.6 Å². The van der Waals surface area contributed by atoms with Crippen LogP contribution in [0.15, 0.2) is 36.5 Å². The zero-order valence-corrected chi connectivity index (χ0v) is 14.7. The van der Waals surface area contributed by atoms with Crippen LogP contribution in [0.3, 0.4) is 0 Å². The lowest BCUT2D eigenvalue weighted by Gasteiger charge is -2.14. The maximum absolute atomic E-state index is 12.1. The van der Waals surface area contributed by atoms with Crippen LogP contribution in [0.5, 0.6) is 0 Å². The molecule has 0 saturated heterocycles. The van der Waals surface area contributed by atoms with Crippen molar-refractivity contribution in [2.75, 3.05) is 5.32 Å². The Morgan fingerprint density at radius 3 is 2.50 bits per heavy atom. The van der Waals surface area contributed by atoms with Gasteiger partial charge in [-0.1, -0.05) is 42.3 Å². The summed E-state index contributed by atoms with van der Waals surface area (Å²) >= 11 is 11.7. The van der Waals surface area contributed by atoms with Crippen molar-refractivity contribution in [1.82, 2.24) is 4.98 Å². The number of anilines is 1. The molecule has 126 valence electrons. The van der Waals surface area contributed by atoms with Crippen LogP contribution in [0.1, 0.15) is 29.8 Å². The van der Waals surface area contributed by atoms with Crippen molar-refractivity contribution >= 4 is 40.9 Å². The van der Waals surface area contributed by atoms with E-state index in [0.29, 0.717) is 10.6 Å². The lowest BCUT2D eigenvalue weighted by Crippen LogP contribution is -2.30. The monoisotopic (exact) mass is 366 g/mol. The van der Waals surface area contributed by atoms with Crippen LogP contribution in [0, 0.1) is 0 Å². The molecule has 2 aromatic rings. The maximum Gasteiger partial charge on any atom is 0.338 e. The van der Waals surface area contributed by atoms with Crippen molar-refractivity contribution in [3.05, 3.63) is 57.7 Å². The third-order valence-corrected chi connectivity index (χ3v) is 3.80. The molecule has 1 aromatic heterocycles. The van der Waals surface area contributed by atoms with Crippen LogP contribution in [0.2, 0.25) is 10.0 Å². The normalized spacial score (nSPS) is 11.7. The zero-order valence-electron chi connectivity index (χ0n) is 13.2. The summed E-state index contributed by atoms with van der Waals surface area (Å²) in [6.07, 6.45) is 1.23. The number of amides is 1. The van der Waals surface area contributed by atoms with E-state index in [-0.39, 0.29) is 10.8 Å². The zero-order chi connectivity index (χ0) is 17.7. The second-order valence-electron chi connectivity index (χ2n) is 5.07. The van der Waals surface area contributed by atoms with Gasteiger partial charge in [-0.2, -0.15) is 0 Å². The lowest BCUT2D eigenvalue weighted by atomic mass is 10.1. The smallest absolute Gasteiger partial charge is 0.338 e. The van der Waals surface area contributed by atoms with Gasteiger partial charge in [0.25, 0.3) is 5.91 Å². The number of aromatic nitrogens is 1. The second kappa shape index (κ2) is 8.13. The highest BCUT2D eigenvalue weighted by atomic mass is 35.5. The van der Waals surface area contributed by atoms with Gasteiger partial charge in [-0.3, -0.25) is 4.79 Å². The molecule has 5 nitrogen and oxygen atoms in total. The molecule has 0 spiro atoms. The predicted octanol–water partition coefficient (Wildman–Crippen LogP) is 4.13. The molecule has 1 amide bonds. The van der Waals surface area contributed by atoms with E-state index in [9.17, 15) is 9.59 Å². The number of esters is 1. The van der Waals surface area contributed by atoms with Crippen LogP contribution >= 0.6 is 23.2 Å². The van der Waals surface area contributed by atoms with E-state index in [1.165, 1.54) is 19.2 Å². The summed E-state index contributed by atoms with van der Waals surface area (Å²) in [5.41, 5.74) is 1.50. The fraction of sp³-hybridized carbons (Fsp3) is 0.235. The van der Waals surface area contributed by atoms with Crippen LogP contribution in [0.4, 0.5) is 5.82 Å². The fourth-order valence-electron chi connectivity index (χ4n) is 1.88. The Morgan fingerprint density at radius 1 is 1.25 bits per heavy atom. The number of benzene rings is 1. The van der Waals surface area contributed by atoms with Crippen molar-refractivity contribution in [3.63, 3.8) is 0 Å². The molecule has 0 aliphatic rings. The quantitative estimate of drug-likeness (QED) is 0.807. The summed E-state index contributed by atoms with van der Waals surface area (Å²) in [4.78, 5) is 28.1. The van der Waals surface area contributed by atoms with Gasteiger partial charge in [0.1, 0.15) is 0 Å². The van der Waals surface area contributed by atoms with Crippen molar-refractivity contribution in [3.8, 4) is 0 Å². The molecule has 1 heterocycles. The average molecular weight is 367 g/mol. The Bertz CT molecular complexity index is 748. The van der Waals surface area contributed by atoms with E-state index in [0.717, 1.165) is 12.0 Å². The number of hydrogen-bond donors (Lipinski definition) is 1. The number of halogens is 2. The number of carbonyl (C=O) groups excluding carboxylic acids is 2. The molecule has 1 atom stereocenters. The van der Waals surface area contributed by atoms with E-state index in [2.05, 4.69) is 10.3 Å². The third kappa shape index (κ3) is 4.69. The summed E-state index contributed by atoms with van der Waals surface area (Å²) in [6.45, 7) is 3.49. The van der Waals surface area contributed by atoms with Crippen LogP contribution in [-0.4, -0.2) is 23.0 Å². The fourth-order valence-corrected chi connectivity index (χ4v) is 2.31. The second-order valence-corrected chi connectivity index (χ2v) is 5.91. The van der Waals surface area contributed by atoms with Gasteiger partial charge >= 0.3 is 5.97 Å². The number of ether oxygens (including phenoxy) is 1. The number of nitrogens with zero attached hydrogens (tertiary/aromatic N) is 1. The minimum absolute atomic E-state index is 0.154.